The van der Waals surface area contributed by atoms with Crippen LogP contribution in [0.4, 0.5) is 0 Å². The average Bonchev–Trinajstić information content (AvgIpc) is 2.11. The van der Waals surface area contributed by atoms with Crippen molar-refractivity contribution in [3.05, 3.63) is 0 Å². The third kappa shape index (κ3) is 2.87. The predicted octanol–water partition coefficient (Wildman–Crippen LogP) is -0.109. The summed E-state index contributed by atoms with van der Waals surface area (Å²) in [4.78, 5) is 14.8. The van der Waals surface area contributed by atoms with Crippen molar-refractivity contribution < 1.29 is 4.79 Å². The smallest absolute Gasteiger partial charge is 0.236 e. The lowest BCUT2D eigenvalue weighted by molar-refractivity contribution is -0.134. The van der Waals surface area contributed by atoms with E-state index in [2.05, 4.69) is 0 Å². The van der Waals surface area contributed by atoms with E-state index in [9.17, 15) is 4.79 Å². The zero-order valence-electron chi connectivity index (χ0n) is 7.53. The third-order valence-electron chi connectivity index (χ3n) is 2.09. The average molecular weight is 202 g/mol. The van der Waals surface area contributed by atoms with E-state index in [1.54, 1.807) is 11.9 Å². The Balaban J connectivity index is 2.38. The second-order valence-corrected chi connectivity index (χ2v) is 3.67. The molecule has 1 saturated heterocycles. The molecule has 1 aliphatic heterocycles. The summed E-state index contributed by atoms with van der Waals surface area (Å²) in [5.74, 6) is 0.0908. The van der Waals surface area contributed by atoms with Crippen molar-refractivity contribution in [3.8, 4) is 6.07 Å². The molecule has 4 nitrogen and oxygen atoms in total. The van der Waals surface area contributed by atoms with Crippen LogP contribution in [0.25, 0.3) is 0 Å². The van der Waals surface area contributed by atoms with Crippen molar-refractivity contribution in [2.45, 2.75) is 5.38 Å². The Kier molecular flexibility index (Phi) is 3.52. The Hall–Kier alpha value is -0.790. The summed E-state index contributed by atoms with van der Waals surface area (Å²) < 4.78 is 0. The van der Waals surface area contributed by atoms with Crippen LogP contribution >= 0.6 is 11.6 Å². The maximum Gasteiger partial charge on any atom is 0.236 e. The SMILES string of the molecule is CN1CCN(CC(Cl)C#N)CC1=O. The summed E-state index contributed by atoms with van der Waals surface area (Å²) in [6.45, 7) is 2.36. The number of hydrogen-bond donors (Lipinski definition) is 0. The fraction of sp³-hybridized carbons (Fsp3) is 0.750. The van der Waals surface area contributed by atoms with Gasteiger partial charge in [0.2, 0.25) is 5.91 Å². The van der Waals surface area contributed by atoms with E-state index in [0.29, 0.717) is 19.6 Å². The molecule has 5 heteroatoms. The van der Waals surface area contributed by atoms with E-state index in [1.165, 1.54) is 0 Å². The maximum atomic E-state index is 11.2. The normalized spacial score (nSPS) is 21.3. The van der Waals surface area contributed by atoms with Gasteiger partial charge in [-0.05, 0) is 0 Å². The Morgan fingerprint density at radius 2 is 2.38 bits per heavy atom. The number of likely N-dealkylation sites (N-methyl/N-ethyl adjacent to an activating group) is 1. The van der Waals surface area contributed by atoms with E-state index < -0.39 is 5.38 Å². The number of nitrogens with zero attached hydrogens (tertiary/aromatic N) is 3. The molecule has 0 radical (unpaired) electrons. The Bertz CT molecular complexity index is 238. The van der Waals surface area contributed by atoms with Gasteiger partial charge < -0.3 is 4.90 Å². The molecular formula is C8H12ClN3O. The zero-order valence-corrected chi connectivity index (χ0v) is 8.29. The van der Waals surface area contributed by atoms with Gasteiger partial charge in [0.05, 0.1) is 12.6 Å². The zero-order chi connectivity index (χ0) is 9.84. The fourth-order valence-electron chi connectivity index (χ4n) is 1.23. The van der Waals surface area contributed by atoms with E-state index in [4.69, 9.17) is 16.9 Å². The molecule has 1 rings (SSSR count). The van der Waals surface area contributed by atoms with Gasteiger partial charge in [0.1, 0.15) is 5.38 Å². The first-order valence-corrected chi connectivity index (χ1v) is 4.57. The van der Waals surface area contributed by atoms with Crippen molar-refractivity contribution in [3.63, 3.8) is 0 Å². The van der Waals surface area contributed by atoms with Gasteiger partial charge >= 0.3 is 0 Å². The minimum Gasteiger partial charge on any atom is -0.343 e. The van der Waals surface area contributed by atoms with Gasteiger partial charge in [0.25, 0.3) is 0 Å². The van der Waals surface area contributed by atoms with Crippen LogP contribution in [-0.4, -0.2) is 54.3 Å². The summed E-state index contributed by atoms with van der Waals surface area (Å²) in [5.41, 5.74) is 0. The van der Waals surface area contributed by atoms with E-state index in [0.717, 1.165) is 6.54 Å². The molecule has 1 unspecified atom stereocenters. The monoisotopic (exact) mass is 201 g/mol. The lowest BCUT2D eigenvalue weighted by atomic mass is 10.3. The third-order valence-corrected chi connectivity index (χ3v) is 2.33. The minimum atomic E-state index is -0.517. The van der Waals surface area contributed by atoms with Gasteiger partial charge in [-0.3, -0.25) is 9.69 Å². The molecular weight excluding hydrogens is 190 g/mol. The van der Waals surface area contributed by atoms with E-state index in [-0.39, 0.29) is 5.91 Å². The highest BCUT2D eigenvalue weighted by atomic mass is 35.5. The Morgan fingerprint density at radius 3 is 2.92 bits per heavy atom. The molecule has 1 atom stereocenters. The van der Waals surface area contributed by atoms with Crippen LogP contribution in [0.1, 0.15) is 0 Å². The molecule has 0 aromatic carbocycles. The number of hydrogen-bond acceptors (Lipinski definition) is 3. The molecule has 1 heterocycles. The number of amides is 1. The molecule has 1 amide bonds. The molecule has 0 N–H and O–H groups in total. The van der Waals surface area contributed by atoms with Gasteiger partial charge in [-0.25, -0.2) is 0 Å². The lowest BCUT2D eigenvalue weighted by Gasteiger charge is -2.31. The van der Waals surface area contributed by atoms with Gasteiger partial charge in [-0.1, -0.05) is 0 Å². The Labute approximate surface area is 82.7 Å². The molecule has 0 aliphatic carbocycles. The number of carbonyl (C=O) groups is 1. The second-order valence-electron chi connectivity index (χ2n) is 3.15. The van der Waals surface area contributed by atoms with Crippen molar-refractivity contribution in [1.82, 2.24) is 9.80 Å². The summed E-state index contributed by atoms with van der Waals surface area (Å²) in [5, 5.41) is 7.96. The first-order valence-electron chi connectivity index (χ1n) is 4.13. The summed E-state index contributed by atoms with van der Waals surface area (Å²) in [7, 11) is 1.78. The highest BCUT2D eigenvalue weighted by Crippen LogP contribution is 2.04. The molecule has 0 aromatic heterocycles. The van der Waals surface area contributed by atoms with Gasteiger partial charge in [-0.2, -0.15) is 5.26 Å². The van der Waals surface area contributed by atoms with Crippen molar-refractivity contribution in [2.75, 3.05) is 33.2 Å². The maximum absolute atomic E-state index is 11.2. The van der Waals surface area contributed by atoms with Crippen molar-refractivity contribution in [1.29, 1.82) is 5.26 Å². The predicted molar refractivity (Wildman–Crippen MR) is 49.3 cm³/mol. The number of carbonyl (C=O) groups excluding carboxylic acids is 1. The number of rotatable bonds is 2. The molecule has 0 aromatic rings. The van der Waals surface area contributed by atoms with Crippen LogP contribution in [0.2, 0.25) is 0 Å². The number of nitriles is 1. The van der Waals surface area contributed by atoms with E-state index >= 15 is 0 Å². The first-order chi connectivity index (χ1) is 6.13. The second kappa shape index (κ2) is 4.45. The topological polar surface area (TPSA) is 47.3 Å². The molecule has 13 heavy (non-hydrogen) atoms. The largest absolute Gasteiger partial charge is 0.343 e. The van der Waals surface area contributed by atoms with Crippen LogP contribution in [0.5, 0.6) is 0 Å². The lowest BCUT2D eigenvalue weighted by Crippen LogP contribution is -2.49. The van der Waals surface area contributed by atoms with Gasteiger partial charge in [-0.15, -0.1) is 11.6 Å². The number of halogens is 1. The highest BCUT2D eigenvalue weighted by molar-refractivity contribution is 6.22. The summed E-state index contributed by atoms with van der Waals surface area (Å²) in [6, 6.07) is 1.94. The van der Waals surface area contributed by atoms with Gasteiger partial charge in [0.15, 0.2) is 0 Å². The van der Waals surface area contributed by atoms with E-state index in [1.807, 2.05) is 11.0 Å². The van der Waals surface area contributed by atoms with Crippen molar-refractivity contribution >= 4 is 17.5 Å². The highest BCUT2D eigenvalue weighted by Gasteiger charge is 2.22. The Morgan fingerprint density at radius 1 is 1.69 bits per heavy atom. The molecule has 1 aliphatic rings. The van der Waals surface area contributed by atoms with Crippen molar-refractivity contribution in [2.24, 2.45) is 0 Å². The van der Waals surface area contributed by atoms with Crippen LogP contribution in [0, 0.1) is 11.3 Å². The molecule has 0 bridgehead atoms. The van der Waals surface area contributed by atoms with Crippen LogP contribution in [0.3, 0.4) is 0 Å². The van der Waals surface area contributed by atoms with Crippen LogP contribution < -0.4 is 0 Å². The molecule has 1 fully saturated rings. The fourth-order valence-corrected chi connectivity index (χ4v) is 1.43. The first kappa shape index (κ1) is 10.3. The number of piperazine rings is 1. The summed E-state index contributed by atoms with van der Waals surface area (Å²) >= 11 is 5.66. The van der Waals surface area contributed by atoms with Gasteiger partial charge in [0, 0.05) is 26.7 Å². The molecule has 0 spiro atoms. The number of alkyl halides is 1. The summed E-state index contributed by atoms with van der Waals surface area (Å²) in [6.07, 6.45) is 0. The quantitative estimate of drug-likeness (QED) is 0.586. The molecule has 72 valence electrons. The van der Waals surface area contributed by atoms with Crippen LogP contribution in [-0.2, 0) is 4.79 Å². The minimum absolute atomic E-state index is 0.0908. The molecule has 0 saturated carbocycles. The standard InChI is InChI=1S/C8H12ClN3O/c1-11-2-3-12(6-8(11)13)5-7(9)4-10/h7H,2-3,5-6H2,1H3. The van der Waals surface area contributed by atoms with Crippen LogP contribution in [0.15, 0.2) is 0 Å².